The number of rotatable bonds is 10. The molecule has 12 heteroatoms. The second-order valence-corrected chi connectivity index (χ2v) is 10.5. The molecule has 5 rings (SSSR count). The van der Waals surface area contributed by atoms with Crippen LogP contribution in [0.2, 0.25) is 0 Å². The van der Waals surface area contributed by atoms with Gasteiger partial charge in [0.2, 0.25) is 11.9 Å². The first-order valence-corrected chi connectivity index (χ1v) is 12.9. The second-order valence-electron chi connectivity index (χ2n) is 10.5. The van der Waals surface area contributed by atoms with E-state index in [-0.39, 0.29) is 23.2 Å². The minimum Gasteiger partial charge on any atom is -0.339 e. The van der Waals surface area contributed by atoms with E-state index >= 15 is 4.39 Å². The molecule has 10 nitrogen and oxygen atoms in total. The third-order valence-electron chi connectivity index (χ3n) is 7.38. The zero-order chi connectivity index (χ0) is 27.1. The van der Waals surface area contributed by atoms with Crippen molar-refractivity contribution in [2.24, 2.45) is 17.8 Å². The maximum Gasteiger partial charge on any atom is 0.270 e. The van der Waals surface area contributed by atoms with Crippen LogP contribution < -0.4 is 16.2 Å². The molecule has 2 fully saturated rings. The van der Waals surface area contributed by atoms with E-state index in [9.17, 15) is 18.8 Å². The van der Waals surface area contributed by atoms with E-state index < -0.39 is 41.2 Å². The summed E-state index contributed by atoms with van der Waals surface area (Å²) in [5.41, 5.74) is -0.429. The van der Waals surface area contributed by atoms with Crippen molar-refractivity contribution in [3.63, 3.8) is 0 Å². The fourth-order valence-corrected chi connectivity index (χ4v) is 5.18. The first kappa shape index (κ1) is 25.8. The number of amides is 2. The van der Waals surface area contributed by atoms with Crippen molar-refractivity contribution in [1.82, 2.24) is 29.9 Å². The van der Waals surface area contributed by atoms with Crippen LogP contribution in [0.4, 0.5) is 14.5 Å². The number of nitrogens with one attached hydrogen (secondary N) is 3. The maximum atomic E-state index is 15.4. The van der Waals surface area contributed by atoms with Gasteiger partial charge in [-0.25, -0.2) is 9.07 Å². The molecule has 3 aromatic rings. The largest absolute Gasteiger partial charge is 0.339 e. The number of hydrogen-bond acceptors (Lipinski definition) is 5. The quantitative estimate of drug-likeness (QED) is 0.373. The minimum atomic E-state index is -0.933. The van der Waals surface area contributed by atoms with Gasteiger partial charge >= 0.3 is 0 Å². The summed E-state index contributed by atoms with van der Waals surface area (Å²) in [7, 11) is 0. The predicted octanol–water partition coefficient (Wildman–Crippen LogP) is 3.41. The Morgan fingerprint density at radius 2 is 1.76 bits per heavy atom. The van der Waals surface area contributed by atoms with Crippen LogP contribution >= 0.6 is 0 Å². The Balaban J connectivity index is 1.39. The third-order valence-corrected chi connectivity index (χ3v) is 7.38. The summed E-state index contributed by atoms with van der Waals surface area (Å²) in [5.74, 6) is -1.92. The van der Waals surface area contributed by atoms with Crippen LogP contribution in [0.25, 0.3) is 0 Å². The molecule has 3 N–H and O–H groups in total. The maximum absolute atomic E-state index is 15.4. The van der Waals surface area contributed by atoms with Gasteiger partial charge in [0.1, 0.15) is 23.2 Å². The summed E-state index contributed by atoms with van der Waals surface area (Å²) in [5, 5.41) is 13.7. The predicted molar refractivity (Wildman–Crippen MR) is 134 cm³/mol. The van der Waals surface area contributed by atoms with Gasteiger partial charge in [0.25, 0.3) is 11.5 Å². The third kappa shape index (κ3) is 5.11. The Morgan fingerprint density at radius 1 is 1.08 bits per heavy atom. The molecule has 202 valence electrons. The highest BCUT2D eigenvalue weighted by Gasteiger charge is 2.48. The van der Waals surface area contributed by atoms with E-state index in [1.807, 2.05) is 13.8 Å². The van der Waals surface area contributed by atoms with Gasteiger partial charge in [-0.05, 0) is 76.3 Å². The average molecular weight is 528 g/mol. The molecule has 2 atom stereocenters. The molecule has 0 radical (unpaired) electrons. The van der Waals surface area contributed by atoms with Gasteiger partial charge in [0.15, 0.2) is 0 Å². The van der Waals surface area contributed by atoms with Crippen LogP contribution in [-0.2, 0) is 4.79 Å². The van der Waals surface area contributed by atoms with E-state index in [0.717, 1.165) is 48.8 Å². The molecule has 3 aromatic heterocycles. The standard InChI is InChI=1S/C26H31F2N7O3/c1-13(2)34-20(8-9-30-34)25(37)33-22(21(15-4-5-15)16-6-7-16)26(38)32-19-12-31-35(23(19)28)14(3)18-10-17(27)11-29-24(18)36/h8-16,21-22H,4-7H2,1-3H3,(H,29,36)(H,32,38)(H,33,37)/t14-,22-/m0/s1. The molecule has 0 aromatic carbocycles. The van der Waals surface area contributed by atoms with Crippen molar-refractivity contribution in [3.05, 3.63) is 64.1 Å². The molecule has 38 heavy (non-hydrogen) atoms. The molecule has 2 aliphatic carbocycles. The zero-order valence-corrected chi connectivity index (χ0v) is 21.4. The van der Waals surface area contributed by atoms with Crippen LogP contribution in [0, 0.1) is 29.5 Å². The minimum absolute atomic E-state index is 0.0145. The van der Waals surface area contributed by atoms with Gasteiger partial charge in [0, 0.05) is 24.0 Å². The van der Waals surface area contributed by atoms with E-state index in [1.54, 1.807) is 10.7 Å². The first-order chi connectivity index (χ1) is 18.2. The average Bonchev–Trinajstić information content (AvgIpc) is 3.81. The van der Waals surface area contributed by atoms with Crippen molar-refractivity contribution < 1.29 is 18.4 Å². The summed E-state index contributed by atoms with van der Waals surface area (Å²) < 4.78 is 31.6. The van der Waals surface area contributed by atoms with Crippen LogP contribution in [0.5, 0.6) is 0 Å². The normalized spacial score (nSPS) is 17.0. The summed E-state index contributed by atoms with van der Waals surface area (Å²) in [6.07, 6.45) is 7.54. The van der Waals surface area contributed by atoms with Crippen molar-refractivity contribution >= 4 is 17.5 Å². The molecule has 2 aliphatic rings. The molecule has 2 amide bonds. The number of aromatic amines is 1. The van der Waals surface area contributed by atoms with Crippen LogP contribution in [0.15, 0.2) is 35.5 Å². The molecule has 0 aliphatic heterocycles. The lowest BCUT2D eigenvalue weighted by molar-refractivity contribution is -0.119. The Morgan fingerprint density at radius 3 is 2.39 bits per heavy atom. The molecule has 0 spiro atoms. The number of hydrogen-bond donors (Lipinski definition) is 3. The molecular weight excluding hydrogens is 496 g/mol. The summed E-state index contributed by atoms with van der Waals surface area (Å²) in [4.78, 5) is 41.3. The Labute approximate surface area is 217 Å². The van der Waals surface area contributed by atoms with Crippen molar-refractivity contribution in [3.8, 4) is 0 Å². The highest BCUT2D eigenvalue weighted by molar-refractivity contribution is 6.00. The van der Waals surface area contributed by atoms with Gasteiger partial charge in [-0.1, -0.05) is 0 Å². The Kier molecular flexibility index (Phi) is 6.89. The lowest BCUT2D eigenvalue weighted by atomic mass is 9.88. The van der Waals surface area contributed by atoms with Gasteiger partial charge in [-0.2, -0.15) is 14.6 Å². The zero-order valence-electron chi connectivity index (χ0n) is 21.4. The number of H-pyrrole nitrogens is 1. The monoisotopic (exact) mass is 527 g/mol. The molecule has 0 bridgehead atoms. The Bertz CT molecular complexity index is 1390. The fourth-order valence-electron chi connectivity index (χ4n) is 5.18. The van der Waals surface area contributed by atoms with Crippen molar-refractivity contribution in [1.29, 1.82) is 0 Å². The highest BCUT2D eigenvalue weighted by atomic mass is 19.1. The van der Waals surface area contributed by atoms with Crippen LogP contribution in [0.1, 0.15) is 74.6 Å². The second kappa shape index (κ2) is 10.1. The number of carbonyl (C=O) groups is 2. The number of nitrogens with zero attached hydrogens (tertiary/aromatic N) is 4. The van der Waals surface area contributed by atoms with E-state index in [4.69, 9.17) is 0 Å². The van der Waals surface area contributed by atoms with Gasteiger partial charge < -0.3 is 15.6 Å². The van der Waals surface area contributed by atoms with Gasteiger partial charge in [-0.3, -0.25) is 19.1 Å². The molecule has 0 saturated heterocycles. The topological polar surface area (TPSA) is 127 Å². The molecular formula is C26H31F2N7O3. The molecule has 0 unspecified atom stereocenters. The lowest BCUT2D eigenvalue weighted by Crippen LogP contribution is -2.50. The molecule has 2 saturated carbocycles. The number of carbonyl (C=O) groups excluding carboxylic acids is 2. The number of aromatic nitrogens is 5. The van der Waals surface area contributed by atoms with Crippen molar-refractivity contribution in [2.45, 2.75) is 64.6 Å². The van der Waals surface area contributed by atoms with Crippen LogP contribution in [-0.4, -0.2) is 42.4 Å². The van der Waals surface area contributed by atoms with E-state index in [1.165, 1.54) is 13.1 Å². The van der Waals surface area contributed by atoms with Crippen molar-refractivity contribution in [2.75, 3.05) is 5.32 Å². The first-order valence-electron chi connectivity index (χ1n) is 12.9. The number of anilines is 1. The summed E-state index contributed by atoms with van der Waals surface area (Å²) in [6.45, 7) is 5.32. The fraction of sp³-hybridized carbons (Fsp3) is 0.500. The van der Waals surface area contributed by atoms with Gasteiger partial charge in [-0.15, -0.1) is 0 Å². The van der Waals surface area contributed by atoms with E-state index in [0.29, 0.717) is 17.5 Å². The SMILES string of the molecule is CC(C)n1nccc1C(=O)N[C@H](C(=O)Nc1cnn([C@@H](C)c2cc(F)c[nH]c2=O)c1F)C(C1CC1)C1CC1. The molecule has 3 heterocycles. The van der Waals surface area contributed by atoms with Gasteiger partial charge in [0.05, 0.1) is 12.2 Å². The highest BCUT2D eigenvalue weighted by Crippen LogP contribution is 2.51. The number of pyridine rings is 1. The summed E-state index contributed by atoms with van der Waals surface area (Å²) in [6, 6.07) is 0.772. The number of halogens is 2. The van der Waals surface area contributed by atoms with Crippen LogP contribution in [0.3, 0.4) is 0 Å². The smallest absolute Gasteiger partial charge is 0.270 e. The van der Waals surface area contributed by atoms with E-state index in [2.05, 4.69) is 25.8 Å². The lowest BCUT2D eigenvalue weighted by Gasteiger charge is -2.27. The Hall–Kier alpha value is -3.83. The summed E-state index contributed by atoms with van der Waals surface area (Å²) >= 11 is 0.